The summed E-state index contributed by atoms with van der Waals surface area (Å²) in [5.41, 5.74) is 0.783. The van der Waals surface area contributed by atoms with Crippen LogP contribution in [0.4, 0.5) is 0 Å². The molecule has 1 unspecified atom stereocenters. The second-order valence-corrected chi connectivity index (χ2v) is 3.51. The lowest BCUT2D eigenvalue weighted by Gasteiger charge is -2.17. The molecule has 2 fully saturated rings. The highest BCUT2D eigenvalue weighted by Gasteiger charge is 2.50. The minimum absolute atomic E-state index is 0.783. The lowest BCUT2D eigenvalue weighted by Crippen LogP contribution is -2.27. The molecule has 0 spiro atoms. The van der Waals surface area contributed by atoms with Gasteiger partial charge in [0, 0.05) is 0 Å². The first-order valence-corrected chi connectivity index (χ1v) is 3.52. The first-order valence-electron chi connectivity index (χ1n) is 3.52. The number of fused-ring (bicyclic) bond motifs is 1. The molecule has 0 aromatic heterocycles. The van der Waals surface area contributed by atoms with E-state index in [0.29, 0.717) is 0 Å². The number of hydrogen-bond acceptors (Lipinski definition) is 1. The van der Waals surface area contributed by atoms with Gasteiger partial charge in [0.25, 0.3) is 0 Å². The van der Waals surface area contributed by atoms with Crippen LogP contribution in [0.5, 0.6) is 0 Å². The van der Waals surface area contributed by atoms with Crippen LogP contribution in [0.3, 0.4) is 0 Å². The second kappa shape index (κ2) is 1.27. The van der Waals surface area contributed by atoms with Crippen LogP contribution >= 0.6 is 0 Å². The van der Waals surface area contributed by atoms with Crippen LogP contribution in [0.15, 0.2) is 0 Å². The molecule has 0 amide bonds. The molecule has 2 aliphatic rings. The third-order valence-corrected chi connectivity index (χ3v) is 2.80. The molecule has 46 valence electrons. The van der Waals surface area contributed by atoms with Gasteiger partial charge in [-0.3, -0.25) is 0 Å². The summed E-state index contributed by atoms with van der Waals surface area (Å²) < 4.78 is 0. The van der Waals surface area contributed by atoms with Gasteiger partial charge in [0.15, 0.2) is 0 Å². The quantitative estimate of drug-likeness (QED) is 0.492. The summed E-state index contributed by atoms with van der Waals surface area (Å²) in [6, 6.07) is 0. The maximum Gasteiger partial charge on any atom is -0.00151 e. The molecule has 0 aromatic rings. The molecule has 2 rings (SSSR count). The fourth-order valence-corrected chi connectivity index (χ4v) is 1.78. The maximum absolute atomic E-state index is 3.40. The van der Waals surface area contributed by atoms with Gasteiger partial charge >= 0.3 is 0 Å². The Balaban J connectivity index is 2.04. The molecule has 0 bridgehead atoms. The monoisotopic (exact) mass is 111 g/mol. The summed E-state index contributed by atoms with van der Waals surface area (Å²) in [4.78, 5) is 0. The maximum atomic E-state index is 3.40. The Hall–Kier alpha value is -0.0400. The van der Waals surface area contributed by atoms with Crippen LogP contribution in [0.2, 0.25) is 0 Å². The van der Waals surface area contributed by atoms with Crippen LogP contribution in [-0.2, 0) is 0 Å². The van der Waals surface area contributed by atoms with E-state index >= 15 is 0 Å². The molecule has 8 heavy (non-hydrogen) atoms. The van der Waals surface area contributed by atoms with E-state index in [1.54, 1.807) is 0 Å². The van der Waals surface area contributed by atoms with E-state index in [2.05, 4.69) is 12.2 Å². The lowest BCUT2D eigenvalue weighted by atomic mass is 9.99. The summed E-state index contributed by atoms with van der Waals surface area (Å²) in [5, 5.41) is 3.40. The molecule has 1 heteroatoms. The second-order valence-electron chi connectivity index (χ2n) is 3.51. The topological polar surface area (TPSA) is 12.0 Å². The Morgan fingerprint density at radius 3 is 3.00 bits per heavy atom. The fourth-order valence-electron chi connectivity index (χ4n) is 1.78. The predicted octanol–water partition coefficient (Wildman–Crippen LogP) is 1.01. The van der Waals surface area contributed by atoms with Gasteiger partial charge in [0.1, 0.15) is 0 Å². The summed E-state index contributed by atoms with van der Waals surface area (Å²) in [7, 11) is 0. The van der Waals surface area contributed by atoms with Crippen LogP contribution < -0.4 is 5.32 Å². The predicted molar refractivity (Wildman–Crippen MR) is 33.7 cm³/mol. The van der Waals surface area contributed by atoms with Crippen molar-refractivity contribution in [2.45, 2.75) is 19.8 Å². The standard InChI is InChI=1S/C7H13N/c1-7-2-3-8-5-6(7)4-7/h6,8H,2-5H2,1H3/t6?,7-/m0/s1. The molecule has 1 saturated heterocycles. The first-order chi connectivity index (χ1) is 3.81. The molecule has 0 aromatic carbocycles. The number of piperidine rings is 1. The molecule has 2 atom stereocenters. The fraction of sp³-hybridized carbons (Fsp3) is 1.00. The highest BCUT2D eigenvalue weighted by molar-refractivity contribution is 5.02. The summed E-state index contributed by atoms with van der Waals surface area (Å²) in [6.45, 7) is 4.96. The van der Waals surface area contributed by atoms with Gasteiger partial charge in [0.2, 0.25) is 0 Å². The Morgan fingerprint density at radius 2 is 2.50 bits per heavy atom. The Kier molecular flexibility index (Phi) is 0.762. The van der Waals surface area contributed by atoms with E-state index in [1.165, 1.54) is 25.9 Å². The van der Waals surface area contributed by atoms with Crippen molar-refractivity contribution in [3.05, 3.63) is 0 Å². The van der Waals surface area contributed by atoms with Crippen LogP contribution in [0.1, 0.15) is 19.8 Å². The summed E-state index contributed by atoms with van der Waals surface area (Å²) in [5.74, 6) is 1.04. The van der Waals surface area contributed by atoms with Crippen molar-refractivity contribution in [2.75, 3.05) is 13.1 Å². The first kappa shape index (κ1) is 4.80. The van der Waals surface area contributed by atoms with Crippen molar-refractivity contribution in [3.63, 3.8) is 0 Å². The van der Waals surface area contributed by atoms with Crippen LogP contribution in [-0.4, -0.2) is 13.1 Å². The lowest BCUT2D eigenvalue weighted by molar-refractivity contribution is 0.382. The van der Waals surface area contributed by atoms with Gasteiger partial charge in [-0.25, -0.2) is 0 Å². The molecule has 1 aliphatic heterocycles. The van der Waals surface area contributed by atoms with E-state index in [9.17, 15) is 0 Å². The highest BCUT2D eigenvalue weighted by Crippen LogP contribution is 2.55. The third kappa shape index (κ3) is 0.510. The normalized spacial score (nSPS) is 52.9. The van der Waals surface area contributed by atoms with Gasteiger partial charge < -0.3 is 5.32 Å². The van der Waals surface area contributed by atoms with E-state index in [0.717, 1.165) is 11.3 Å². The minimum atomic E-state index is 0.783. The smallest absolute Gasteiger partial charge is 0.00151 e. The van der Waals surface area contributed by atoms with Gasteiger partial charge in [-0.05, 0) is 37.3 Å². The molecule has 0 radical (unpaired) electrons. The largest absolute Gasteiger partial charge is 0.316 e. The van der Waals surface area contributed by atoms with Crippen molar-refractivity contribution in [3.8, 4) is 0 Å². The van der Waals surface area contributed by atoms with Crippen molar-refractivity contribution in [1.82, 2.24) is 5.32 Å². The highest BCUT2D eigenvalue weighted by atomic mass is 14.9. The van der Waals surface area contributed by atoms with Crippen LogP contribution in [0.25, 0.3) is 0 Å². The zero-order chi connectivity index (χ0) is 5.61. The zero-order valence-corrected chi connectivity index (χ0v) is 5.41. The van der Waals surface area contributed by atoms with Gasteiger partial charge in [0.05, 0.1) is 0 Å². The Labute approximate surface area is 50.5 Å². The van der Waals surface area contributed by atoms with Crippen molar-refractivity contribution in [1.29, 1.82) is 0 Å². The van der Waals surface area contributed by atoms with E-state index < -0.39 is 0 Å². The minimum Gasteiger partial charge on any atom is -0.316 e. The van der Waals surface area contributed by atoms with Crippen LogP contribution in [0, 0.1) is 11.3 Å². The van der Waals surface area contributed by atoms with E-state index in [-0.39, 0.29) is 0 Å². The van der Waals surface area contributed by atoms with Gasteiger partial charge in [-0.15, -0.1) is 0 Å². The van der Waals surface area contributed by atoms with Gasteiger partial charge in [-0.1, -0.05) is 6.92 Å². The average molecular weight is 111 g/mol. The molecular weight excluding hydrogens is 98.1 g/mol. The molecular formula is C7H13N. The van der Waals surface area contributed by atoms with Gasteiger partial charge in [-0.2, -0.15) is 0 Å². The molecule has 1 saturated carbocycles. The van der Waals surface area contributed by atoms with E-state index in [4.69, 9.17) is 0 Å². The number of rotatable bonds is 0. The van der Waals surface area contributed by atoms with Crippen molar-refractivity contribution in [2.24, 2.45) is 11.3 Å². The number of nitrogens with one attached hydrogen (secondary N) is 1. The Morgan fingerprint density at radius 1 is 1.62 bits per heavy atom. The molecule has 1 heterocycles. The van der Waals surface area contributed by atoms with E-state index in [1.807, 2.05) is 0 Å². The average Bonchev–Trinajstić information content (AvgIpc) is 2.39. The Bertz CT molecular complexity index is 109. The summed E-state index contributed by atoms with van der Waals surface area (Å²) >= 11 is 0. The molecule has 1 aliphatic carbocycles. The number of hydrogen-bond donors (Lipinski definition) is 1. The molecule has 1 N–H and O–H groups in total. The SMILES string of the molecule is C[C@@]12CCNCC1C2. The summed E-state index contributed by atoms with van der Waals surface area (Å²) in [6.07, 6.45) is 2.90. The zero-order valence-electron chi connectivity index (χ0n) is 5.41. The molecule has 1 nitrogen and oxygen atoms in total. The van der Waals surface area contributed by atoms with Crippen molar-refractivity contribution < 1.29 is 0 Å². The third-order valence-electron chi connectivity index (χ3n) is 2.80. The van der Waals surface area contributed by atoms with Crippen molar-refractivity contribution >= 4 is 0 Å².